The second-order valence-corrected chi connectivity index (χ2v) is 9.42. The topological polar surface area (TPSA) is 20.2 Å². The zero-order chi connectivity index (χ0) is 22.2. The summed E-state index contributed by atoms with van der Waals surface area (Å²) in [6, 6.07) is 41.0. The highest BCUT2D eigenvalue weighted by molar-refractivity contribution is 7.25. The molecule has 0 saturated heterocycles. The molecule has 33 heavy (non-hydrogen) atoms. The van der Waals surface area contributed by atoms with E-state index in [0.29, 0.717) is 0 Å². The van der Waals surface area contributed by atoms with Crippen LogP contribution in [-0.4, -0.2) is 12.5 Å². The Hall–Kier alpha value is -3.66. The van der Waals surface area contributed by atoms with Gasteiger partial charge >= 0.3 is 7.48 Å². The quantitative estimate of drug-likeness (QED) is 0.292. The van der Waals surface area contributed by atoms with Gasteiger partial charge in [-0.2, -0.15) is 0 Å². The highest BCUT2D eigenvalue weighted by atomic mass is 32.1. The largest absolute Gasteiger partial charge is 0.449 e. The number of thiophene rings is 1. The van der Waals surface area contributed by atoms with Crippen molar-refractivity contribution in [3.63, 3.8) is 0 Å². The Morgan fingerprint density at radius 2 is 0.970 bits per heavy atom. The Balaban J connectivity index is 1.57. The van der Waals surface area contributed by atoms with Crippen molar-refractivity contribution in [1.82, 2.24) is 0 Å². The van der Waals surface area contributed by atoms with Gasteiger partial charge in [0.05, 0.1) is 0 Å². The van der Waals surface area contributed by atoms with Gasteiger partial charge in [-0.25, -0.2) is 0 Å². The van der Waals surface area contributed by atoms with Crippen LogP contribution in [-0.2, 0) is 0 Å². The van der Waals surface area contributed by atoms with Crippen LogP contribution in [0.1, 0.15) is 0 Å². The fourth-order valence-corrected chi connectivity index (χ4v) is 5.56. The smallest absolute Gasteiger partial charge is 0.304 e. The lowest BCUT2D eigenvalue weighted by Gasteiger charge is -2.11. The van der Waals surface area contributed by atoms with Crippen molar-refractivity contribution in [2.24, 2.45) is 0 Å². The second-order valence-electron chi connectivity index (χ2n) is 8.33. The molecule has 6 rings (SSSR count). The van der Waals surface area contributed by atoms with Gasteiger partial charge < -0.3 is 5.02 Å². The van der Waals surface area contributed by atoms with Crippen molar-refractivity contribution >= 4 is 44.5 Å². The molecule has 0 fully saturated rings. The molecule has 5 aromatic carbocycles. The first-order valence-corrected chi connectivity index (χ1v) is 11.9. The lowest BCUT2D eigenvalue weighted by molar-refractivity contribution is 0.615. The summed E-state index contributed by atoms with van der Waals surface area (Å²) in [5, 5.41) is 12.1. The van der Waals surface area contributed by atoms with Crippen molar-refractivity contribution < 1.29 is 5.02 Å². The molecule has 0 saturated carbocycles. The number of rotatable bonds is 4. The summed E-state index contributed by atoms with van der Waals surface area (Å²) in [7, 11) is 0.0620. The van der Waals surface area contributed by atoms with Crippen LogP contribution < -0.4 is 5.46 Å². The minimum absolute atomic E-state index is 0.0620. The van der Waals surface area contributed by atoms with Gasteiger partial charge in [0, 0.05) is 14.8 Å². The first-order valence-electron chi connectivity index (χ1n) is 11.1. The fraction of sp³-hybridized carbons (Fsp3) is 0. The van der Waals surface area contributed by atoms with Crippen LogP contribution in [0.2, 0.25) is 0 Å². The maximum Gasteiger partial charge on any atom is 0.304 e. The number of hydrogen-bond acceptors (Lipinski definition) is 2. The van der Waals surface area contributed by atoms with Gasteiger partial charge in [0.2, 0.25) is 0 Å². The molecule has 1 aromatic heterocycles. The zero-order valence-corrected chi connectivity index (χ0v) is 18.8. The predicted molar refractivity (Wildman–Crippen MR) is 145 cm³/mol. The molecule has 0 atom stereocenters. The van der Waals surface area contributed by atoms with Crippen molar-refractivity contribution in [2.75, 3.05) is 0 Å². The number of hydrogen-bond donors (Lipinski definition) is 1. The standard InChI is InChI=1S/C30H21BOS/c32-31-26-12-14-30-28(19-26)27-18-22(11-13-29(27)33-30)25-16-23(20-7-3-1-4-8-20)15-24(17-25)21-9-5-2-6-10-21/h1-19,31-32H. The van der Waals surface area contributed by atoms with E-state index in [2.05, 4.69) is 109 Å². The van der Waals surface area contributed by atoms with Crippen LogP contribution in [0.5, 0.6) is 0 Å². The molecule has 0 aliphatic rings. The van der Waals surface area contributed by atoms with Crippen molar-refractivity contribution in [3.05, 3.63) is 115 Å². The molecule has 1 N–H and O–H groups in total. The van der Waals surface area contributed by atoms with E-state index in [1.807, 2.05) is 6.07 Å². The molecule has 0 unspecified atom stereocenters. The van der Waals surface area contributed by atoms with Gasteiger partial charge in [-0.15, -0.1) is 11.3 Å². The van der Waals surface area contributed by atoms with E-state index in [0.717, 1.165) is 5.46 Å². The Labute approximate surface area is 197 Å². The molecule has 1 nitrogen and oxygen atoms in total. The molecule has 0 aliphatic carbocycles. The van der Waals surface area contributed by atoms with Crippen LogP contribution in [0.4, 0.5) is 0 Å². The maximum absolute atomic E-state index is 9.62. The van der Waals surface area contributed by atoms with Crippen LogP contribution in [0, 0.1) is 0 Å². The monoisotopic (exact) mass is 440 g/mol. The third kappa shape index (κ3) is 3.76. The molecule has 3 heteroatoms. The predicted octanol–water partition coefficient (Wildman–Crippen LogP) is 7.02. The Morgan fingerprint density at radius 3 is 1.55 bits per heavy atom. The molecule has 0 spiro atoms. The Morgan fingerprint density at radius 1 is 0.455 bits per heavy atom. The summed E-state index contributed by atoms with van der Waals surface area (Å²) in [6.45, 7) is 0. The molecule has 0 radical (unpaired) electrons. The van der Waals surface area contributed by atoms with Crippen molar-refractivity contribution in [3.8, 4) is 33.4 Å². The summed E-state index contributed by atoms with van der Waals surface area (Å²) >= 11 is 1.80. The van der Waals surface area contributed by atoms with E-state index in [-0.39, 0.29) is 7.48 Å². The molecule has 0 amide bonds. The number of fused-ring (bicyclic) bond motifs is 3. The fourth-order valence-electron chi connectivity index (χ4n) is 4.49. The summed E-state index contributed by atoms with van der Waals surface area (Å²) in [6.07, 6.45) is 0. The van der Waals surface area contributed by atoms with Crippen LogP contribution in [0.25, 0.3) is 53.6 Å². The van der Waals surface area contributed by atoms with Crippen molar-refractivity contribution in [1.29, 1.82) is 0 Å². The average Bonchev–Trinajstić information content (AvgIpc) is 3.26. The molecule has 6 aromatic rings. The summed E-state index contributed by atoms with van der Waals surface area (Å²) < 4.78 is 2.52. The minimum Gasteiger partial charge on any atom is -0.449 e. The van der Waals surface area contributed by atoms with E-state index in [1.165, 1.54) is 53.6 Å². The highest BCUT2D eigenvalue weighted by Gasteiger charge is 2.11. The van der Waals surface area contributed by atoms with E-state index >= 15 is 0 Å². The molecular formula is C30H21BOS. The normalized spacial score (nSPS) is 11.2. The third-order valence-corrected chi connectivity index (χ3v) is 7.35. The van der Waals surface area contributed by atoms with Crippen LogP contribution >= 0.6 is 11.3 Å². The first-order chi connectivity index (χ1) is 16.3. The molecular weight excluding hydrogens is 419 g/mol. The average molecular weight is 440 g/mol. The summed E-state index contributed by atoms with van der Waals surface area (Å²) in [5.41, 5.74) is 8.21. The van der Waals surface area contributed by atoms with Gasteiger partial charge in [-0.3, -0.25) is 0 Å². The van der Waals surface area contributed by atoms with E-state index < -0.39 is 0 Å². The van der Waals surface area contributed by atoms with Gasteiger partial charge in [0.15, 0.2) is 0 Å². The van der Waals surface area contributed by atoms with Gasteiger partial charge in [-0.05, 0) is 75.2 Å². The molecule has 156 valence electrons. The molecule has 1 heterocycles. The lowest BCUT2D eigenvalue weighted by Crippen LogP contribution is -2.11. The third-order valence-electron chi connectivity index (χ3n) is 6.20. The summed E-state index contributed by atoms with van der Waals surface area (Å²) in [4.78, 5) is 0. The molecule has 0 aliphatic heterocycles. The first kappa shape index (κ1) is 20.0. The van der Waals surface area contributed by atoms with Gasteiger partial charge in [0.1, 0.15) is 0 Å². The summed E-state index contributed by atoms with van der Waals surface area (Å²) in [5.74, 6) is 0. The van der Waals surface area contributed by atoms with Crippen molar-refractivity contribution in [2.45, 2.75) is 0 Å². The lowest BCUT2D eigenvalue weighted by atomic mass is 9.87. The van der Waals surface area contributed by atoms with Crippen LogP contribution in [0.15, 0.2) is 115 Å². The maximum atomic E-state index is 9.62. The Bertz CT molecular complexity index is 1530. The van der Waals surface area contributed by atoms with Gasteiger partial charge in [0.25, 0.3) is 0 Å². The van der Waals surface area contributed by atoms with E-state index in [9.17, 15) is 5.02 Å². The second kappa shape index (κ2) is 8.36. The van der Waals surface area contributed by atoms with E-state index in [1.54, 1.807) is 11.3 Å². The van der Waals surface area contributed by atoms with E-state index in [4.69, 9.17) is 0 Å². The zero-order valence-electron chi connectivity index (χ0n) is 18.0. The number of benzene rings is 5. The molecule has 0 bridgehead atoms. The van der Waals surface area contributed by atoms with Crippen LogP contribution in [0.3, 0.4) is 0 Å². The highest BCUT2D eigenvalue weighted by Crippen LogP contribution is 2.38. The SMILES string of the molecule is OBc1ccc2sc3ccc(-c4cc(-c5ccccc5)cc(-c5ccccc5)c4)cc3c2c1. The Kier molecular flexibility index (Phi) is 5.06. The van der Waals surface area contributed by atoms with Gasteiger partial charge in [-0.1, -0.05) is 84.3 Å². The minimum atomic E-state index is 0.0620.